The molecule has 3 N–H and O–H groups in total. The number of aliphatic hydroxyl groups excluding tert-OH is 2. The van der Waals surface area contributed by atoms with Gasteiger partial charge in [-0.3, -0.25) is 9.59 Å². The number of ketones is 1. The maximum Gasteiger partial charge on any atom is 0.230 e. The smallest absolute Gasteiger partial charge is 0.230 e. The van der Waals surface area contributed by atoms with Gasteiger partial charge in [0, 0.05) is 0 Å². The van der Waals surface area contributed by atoms with Crippen molar-refractivity contribution in [3.05, 3.63) is 0 Å². The molecule has 0 fully saturated rings. The minimum atomic E-state index is -1.03. The van der Waals surface area contributed by atoms with E-state index in [-0.39, 0.29) is 19.0 Å². The third-order valence-corrected chi connectivity index (χ3v) is 2.67. The Morgan fingerprint density at radius 3 is 2.07 bits per heavy atom. The average molecular weight is 217 g/mol. The molecule has 0 heterocycles. The van der Waals surface area contributed by atoms with E-state index >= 15 is 0 Å². The molecule has 15 heavy (non-hydrogen) atoms. The van der Waals surface area contributed by atoms with Gasteiger partial charge in [-0.1, -0.05) is 6.92 Å². The summed E-state index contributed by atoms with van der Waals surface area (Å²) < 4.78 is 0. The summed E-state index contributed by atoms with van der Waals surface area (Å²) in [6, 6.07) is 0. The molecular weight excluding hydrogens is 198 g/mol. The van der Waals surface area contributed by atoms with Crippen LogP contribution < -0.4 is 5.32 Å². The standard InChI is InChI=1S/C10H19NO4/c1-4-10(5-12,6-13)11-9(15)7(2)8(3)14/h7,12-13H,4-6H2,1-3H3,(H,11,15). The quantitative estimate of drug-likeness (QED) is 0.522. The number of amides is 1. The minimum Gasteiger partial charge on any atom is -0.394 e. The van der Waals surface area contributed by atoms with Crippen molar-refractivity contribution in [3.8, 4) is 0 Å². The van der Waals surface area contributed by atoms with Crippen LogP contribution in [0.4, 0.5) is 0 Å². The van der Waals surface area contributed by atoms with Gasteiger partial charge >= 0.3 is 0 Å². The van der Waals surface area contributed by atoms with Gasteiger partial charge in [0.25, 0.3) is 0 Å². The lowest BCUT2D eigenvalue weighted by atomic mass is 9.96. The Kier molecular flexibility index (Phi) is 5.46. The second-order valence-electron chi connectivity index (χ2n) is 3.77. The zero-order valence-electron chi connectivity index (χ0n) is 9.41. The summed E-state index contributed by atoms with van der Waals surface area (Å²) >= 11 is 0. The van der Waals surface area contributed by atoms with Gasteiger partial charge in [0.1, 0.15) is 5.78 Å². The Morgan fingerprint density at radius 2 is 1.80 bits per heavy atom. The molecule has 1 amide bonds. The second-order valence-corrected chi connectivity index (χ2v) is 3.77. The highest BCUT2D eigenvalue weighted by molar-refractivity contribution is 6.00. The first-order valence-electron chi connectivity index (χ1n) is 4.96. The average Bonchev–Trinajstić information content (AvgIpc) is 2.24. The van der Waals surface area contributed by atoms with Crippen LogP contribution in [0.3, 0.4) is 0 Å². The zero-order chi connectivity index (χ0) is 12.1. The lowest BCUT2D eigenvalue weighted by Gasteiger charge is -2.30. The van der Waals surface area contributed by atoms with E-state index in [0.717, 1.165) is 0 Å². The van der Waals surface area contributed by atoms with Crippen molar-refractivity contribution in [1.29, 1.82) is 0 Å². The summed E-state index contributed by atoms with van der Waals surface area (Å²) in [6.07, 6.45) is 0.399. The zero-order valence-corrected chi connectivity index (χ0v) is 9.41. The van der Waals surface area contributed by atoms with Gasteiger partial charge in [-0.25, -0.2) is 0 Å². The van der Waals surface area contributed by atoms with Gasteiger partial charge in [0.05, 0.1) is 24.7 Å². The summed E-state index contributed by atoms with van der Waals surface area (Å²) in [7, 11) is 0. The molecule has 0 aliphatic rings. The first-order valence-corrected chi connectivity index (χ1v) is 4.96. The molecule has 0 saturated heterocycles. The summed E-state index contributed by atoms with van der Waals surface area (Å²) in [4.78, 5) is 22.5. The number of hydrogen-bond donors (Lipinski definition) is 3. The van der Waals surface area contributed by atoms with Crippen LogP contribution in [0, 0.1) is 5.92 Å². The number of Topliss-reactive ketones (excluding diaryl/α,β-unsaturated/α-hetero) is 1. The van der Waals surface area contributed by atoms with E-state index in [9.17, 15) is 9.59 Å². The van der Waals surface area contributed by atoms with Crippen molar-refractivity contribution in [2.45, 2.75) is 32.7 Å². The van der Waals surface area contributed by atoms with Crippen LogP contribution in [0.15, 0.2) is 0 Å². The molecule has 0 aromatic heterocycles. The highest BCUT2D eigenvalue weighted by Gasteiger charge is 2.31. The molecule has 5 nitrogen and oxygen atoms in total. The number of aliphatic hydroxyl groups is 2. The maximum absolute atomic E-state index is 11.5. The van der Waals surface area contributed by atoms with Crippen molar-refractivity contribution < 1.29 is 19.8 Å². The van der Waals surface area contributed by atoms with Crippen LogP contribution in [0.5, 0.6) is 0 Å². The second kappa shape index (κ2) is 5.82. The van der Waals surface area contributed by atoms with Crippen LogP contribution >= 0.6 is 0 Å². The predicted octanol–water partition coefficient (Wildman–Crippen LogP) is -0.539. The summed E-state index contributed by atoms with van der Waals surface area (Å²) in [5.74, 6) is -1.46. The fourth-order valence-electron chi connectivity index (χ4n) is 0.995. The molecule has 0 aromatic carbocycles. The molecular formula is C10H19NO4. The number of carbonyl (C=O) groups is 2. The van der Waals surface area contributed by atoms with Crippen LogP contribution in [0.1, 0.15) is 27.2 Å². The van der Waals surface area contributed by atoms with Crippen LogP contribution in [0.25, 0.3) is 0 Å². The third-order valence-electron chi connectivity index (χ3n) is 2.67. The van der Waals surface area contributed by atoms with Crippen LogP contribution in [-0.2, 0) is 9.59 Å². The molecule has 5 heteroatoms. The lowest BCUT2D eigenvalue weighted by molar-refractivity contribution is -0.134. The molecule has 0 radical (unpaired) electrons. The Morgan fingerprint density at radius 1 is 1.33 bits per heavy atom. The van der Waals surface area contributed by atoms with Gasteiger partial charge in [-0.2, -0.15) is 0 Å². The lowest BCUT2D eigenvalue weighted by Crippen LogP contribution is -2.55. The molecule has 1 unspecified atom stereocenters. The molecule has 0 aliphatic carbocycles. The van der Waals surface area contributed by atoms with Crippen molar-refractivity contribution in [1.82, 2.24) is 5.32 Å². The number of carbonyl (C=O) groups excluding carboxylic acids is 2. The Hall–Kier alpha value is -0.940. The van der Waals surface area contributed by atoms with E-state index in [0.29, 0.717) is 6.42 Å². The van der Waals surface area contributed by atoms with Gasteiger partial charge in [-0.05, 0) is 20.3 Å². The molecule has 88 valence electrons. The van der Waals surface area contributed by atoms with Crippen LogP contribution in [0.2, 0.25) is 0 Å². The first kappa shape index (κ1) is 14.1. The molecule has 0 spiro atoms. The highest BCUT2D eigenvalue weighted by Crippen LogP contribution is 2.10. The minimum absolute atomic E-state index is 0.242. The third kappa shape index (κ3) is 3.60. The molecule has 0 aliphatic heterocycles. The monoisotopic (exact) mass is 217 g/mol. The predicted molar refractivity (Wildman–Crippen MR) is 55.2 cm³/mol. The van der Waals surface area contributed by atoms with E-state index in [4.69, 9.17) is 10.2 Å². The molecule has 0 aromatic rings. The number of rotatable bonds is 6. The highest BCUT2D eigenvalue weighted by atomic mass is 16.3. The van der Waals surface area contributed by atoms with Crippen molar-refractivity contribution in [2.75, 3.05) is 13.2 Å². The molecule has 0 rings (SSSR count). The van der Waals surface area contributed by atoms with Gasteiger partial charge < -0.3 is 15.5 Å². The summed E-state index contributed by atoms with van der Waals surface area (Å²) in [5.41, 5.74) is -1.03. The van der Waals surface area contributed by atoms with Crippen molar-refractivity contribution in [2.24, 2.45) is 5.92 Å². The van der Waals surface area contributed by atoms with Crippen molar-refractivity contribution >= 4 is 11.7 Å². The number of hydrogen-bond acceptors (Lipinski definition) is 4. The Bertz CT molecular complexity index is 227. The van der Waals surface area contributed by atoms with Gasteiger partial charge in [0.15, 0.2) is 0 Å². The van der Waals surface area contributed by atoms with Gasteiger partial charge in [0.2, 0.25) is 5.91 Å². The molecule has 1 atom stereocenters. The van der Waals surface area contributed by atoms with E-state index < -0.39 is 17.4 Å². The van der Waals surface area contributed by atoms with E-state index in [1.54, 1.807) is 6.92 Å². The summed E-state index contributed by atoms with van der Waals surface area (Å²) in [5, 5.41) is 20.7. The normalized spacial score (nSPS) is 13.4. The summed E-state index contributed by atoms with van der Waals surface area (Å²) in [6.45, 7) is 3.86. The fourth-order valence-corrected chi connectivity index (χ4v) is 0.995. The van der Waals surface area contributed by atoms with Crippen molar-refractivity contribution in [3.63, 3.8) is 0 Å². The SMILES string of the molecule is CCC(CO)(CO)NC(=O)C(C)C(C)=O. The largest absolute Gasteiger partial charge is 0.394 e. The number of nitrogens with one attached hydrogen (secondary N) is 1. The topological polar surface area (TPSA) is 86.6 Å². The first-order chi connectivity index (χ1) is 6.92. The maximum atomic E-state index is 11.5. The Balaban J connectivity index is 4.55. The van der Waals surface area contributed by atoms with E-state index in [1.807, 2.05) is 0 Å². The van der Waals surface area contributed by atoms with E-state index in [1.165, 1.54) is 13.8 Å². The Labute approximate surface area is 89.5 Å². The molecule has 0 saturated carbocycles. The molecule has 0 bridgehead atoms. The fraction of sp³-hybridized carbons (Fsp3) is 0.800. The van der Waals surface area contributed by atoms with Crippen LogP contribution in [-0.4, -0.2) is 40.7 Å². The van der Waals surface area contributed by atoms with Gasteiger partial charge in [-0.15, -0.1) is 0 Å². The van der Waals surface area contributed by atoms with E-state index in [2.05, 4.69) is 5.32 Å².